The van der Waals surface area contributed by atoms with Gasteiger partial charge in [-0.1, -0.05) is 48.0 Å². The highest BCUT2D eigenvalue weighted by atomic mass is 35.5. The highest BCUT2D eigenvalue weighted by Crippen LogP contribution is 2.21. The maximum Gasteiger partial charge on any atom is 0.224 e. The molecule has 0 aliphatic heterocycles. The molecule has 0 fully saturated rings. The Morgan fingerprint density at radius 2 is 1.52 bits per heavy atom. The minimum Gasteiger partial charge on any atom is -0.356 e. The number of halogens is 1. The molecule has 0 bridgehead atoms. The molecule has 120 valence electrons. The first kappa shape index (κ1) is 17.2. The van der Waals surface area contributed by atoms with Gasteiger partial charge in [0.05, 0.1) is 6.42 Å². The number of Topliss-reactive ketones (excluding diaryl/α,β-unsaturated/α-hetero) is 1. The molecule has 0 aliphatic carbocycles. The van der Waals surface area contributed by atoms with Crippen LogP contribution >= 0.6 is 11.6 Å². The molecule has 1 N–H and O–H groups in total. The Bertz CT molecular complexity index is 663. The molecule has 0 heterocycles. The lowest BCUT2D eigenvalue weighted by atomic mass is 10.0. The number of carbonyl (C=O) groups excluding carboxylic acids is 2. The van der Waals surface area contributed by atoms with Gasteiger partial charge in [0.2, 0.25) is 5.91 Å². The third-order valence-electron chi connectivity index (χ3n) is 3.52. The highest BCUT2D eigenvalue weighted by Gasteiger charge is 2.04. The molecular weight excluding hydrogens is 310 g/mol. The van der Waals surface area contributed by atoms with Gasteiger partial charge >= 0.3 is 0 Å². The number of rotatable bonds is 7. The first-order valence-electron chi connectivity index (χ1n) is 7.65. The van der Waals surface area contributed by atoms with E-state index in [0.29, 0.717) is 30.8 Å². The lowest BCUT2D eigenvalue weighted by Gasteiger charge is -2.06. The summed E-state index contributed by atoms with van der Waals surface area (Å²) in [6.45, 7) is 2.10. The second-order valence-corrected chi connectivity index (χ2v) is 5.97. The first-order chi connectivity index (χ1) is 11.0. The van der Waals surface area contributed by atoms with Crippen molar-refractivity contribution in [3.05, 3.63) is 59.1 Å². The zero-order valence-electron chi connectivity index (χ0n) is 13.1. The van der Waals surface area contributed by atoms with Gasteiger partial charge in [-0.15, -0.1) is 0 Å². The fraction of sp³-hybridized carbons (Fsp3) is 0.263. The number of carbonyl (C=O) groups is 2. The minimum atomic E-state index is -0.0206. The van der Waals surface area contributed by atoms with Gasteiger partial charge in [0.25, 0.3) is 0 Å². The zero-order valence-corrected chi connectivity index (χ0v) is 13.9. The Labute approximate surface area is 141 Å². The number of ketones is 1. The van der Waals surface area contributed by atoms with Crippen LogP contribution in [0.25, 0.3) is 11.1 Å². The van der Waals surface area contributed by atoms with Crippen LogP contribution in [-0.2, 0) is 16.0 Å². The Morgan fingerprint density at radius 3 is 2.09 bits per heavy atom. The van der Waals surface area contributed by atoms with E-state index in [2.05, 4.69) is 5.32 Å². The van der Waals surface area contributed by atoms with E-state index >= 15 is 0 Å². The molecule has 2 aromatic carbocycles. The van der Waals surface area contributed by atoms with Crippen molar-refractivity contribution in [1.82, 2.24) is 5.32 Å². The van der Waals surface area contributed by atoms with E-state index in [1.807, 2.05) is 48.5 Å². The zero-order chi connectivity index (χ0) is 16.7. The van der Waals surface area contributed by atoms with Crippen LogP contribution in [-0.4, -0.2) is 18.2 Å². The number of hydrogen-bond acceptors (Lipinski definition) is 2. The van der Waals surface area contributed by atoms with Gasteiger partial charge in [0, 0.05) is 18.0 Å². The summed E-state index contributed by atoms with van der Waals surface area (Å²) >= 11 is 5.89. The molecule has 0 saturated heterocycles. The summed E-state index contributed by atoms with van der Waals surface area (Å²) in [5.74, 6) is 0.129. The normalized spacial score (nSPS) is 10.3. The Hall–Kier alpha value is -2.13. The molecule has 2 rings (SSSR count). The molecule has 0 radical (unpaired) electrons. The Morgan fingerprint density at radius 1 is 0.957 bits per heavy atom. The van der Waals surface area contributed by atoms with Crippen LogP contribution in [0, 0.1) is 0 Å². The van der Waals surface area contributed by atoms with E-state index in [4.69, 9.17) is 11.6 Å². The average molecular weight is 330 g/mol. The summed E-state index contributed by atoms with van der Waals surface area (Å²) in [6, 6.07) is 15.6. The van der Waals surface area contributed by atoms with Crippen LogP contribution < -0.4 is 5.32 Å². The quantitative estimate of drug-likeness (QED) is 0.779. The lowest BCUT2D eigenvalue weighted by molar-refractivity contribution is -0.121. The number of benzene rings is 2. The number of hydrogen-bond donors (Lipinski definition) is 1. The predicted octanol–water partition coefficient (Wildman–Crippen LogP) is 4.03. The van der Waals surface area contributed by atoms with Crippen molar-refractivity contribution in [2.45, 2.75) is 26.2 Å². The predicted molar refractivity (Wildman–Crippen MR) is 93.5 cm³/mol. The van der Waals surface area contributed by atoms with Crippen LogP contribution in [0.2, 0.25) is 5.02 Å². The lowest BCUT2D eigenvalue weighted by Crippen LogP contribution is -2.26. The van der Waals surface area contributed by atoms with Crippen LogP contribution in [0.1, 0.15) is 25.3 Å². The Kier molecular flexibility index (Phi) is 6.36. The van der Waals surface area contributed by atoms with Crippen LogP contribution in [0.15, 0.2) is 48.5 Å². The molecule has 1 amide bonds. The summed E-state index contributed by atoms with van der Waals surface area (Å²) < 4.78 is 0. The summed E-state index contributed by atoms with van der Waals surface area (Å²) in [4.78, 5) is 22.7. The standard InChI is InChI=1S/C19H20ClNO2/c1-14(22)3-2-12-21-19(23)13-15-4-6-16(7-5-15)17-8-10-18(20)11-9-17/h4-11H,2-3,12-13H2,1H3,(H,21,23). The largest absolute Gasteiger partial charge is 0.356 e. The van der Waals surface area contributed by atoms with Crippen molar-refractivity contribution >= 4 is 23.3 Å². The molecule has 0 spiro atoms. The van der Waals surface area contributed by atoms with E-state index in [-0.39, 0.29) is 11.7 Å². The summed E-state index contributed by atoms with van der Waals surface area (Å²) in [7, 11) is 0. The molecule has 3 nitrogen and oxygen atoms in total. The summed E-state index contributed by atoms with van der Waals surface area (Å²) in [5, 5.41) is 3.55. The molecular formula is C19H20ClNO2. The number of amides is 1. The van der Waals surface area contributed by atoms with E-state index in [1.54, 1.807) is 6.92 Å². The van der Waals surface area contributed by atoms with E-state index in [1.165, 1.54) is 0 Å². The van der Waals surface area contributed by atoms with Gasteiger partial charge in [-0.2, -0.15) is 0 Å². The molecule has 2 aromatic rings. The van der Waals surface area contributed by atoms with Crippen molar-refractivity contribution in [3.8, 4) is 11.1 Å². The molecule has 4 heteroatoms. The average Bonchev–Trinajstić information content (AvgIpc) is 2.53. The summed E-state index contributed by atoms with van der Waals surface area (Å²) in [5.41, 5.74) is 3.15. The van der Waals surface area contributed by atoms with Gasteiger partial charge in [0.1, 0.15) is 5.78 Å². The van der Waals surface area contributed by atoms with Crippen LogP contribution in [0.5, 0.6) is 0 Å². The minimum absolute atomic E-state index is 0.0206. The smallest absolute Gasteiger partial charge is 0.224 e. The molecule has 0 saturated carbocycles. The van der Waals surface area contributed by atoms with Gasteiger partial charge in [-0.25, -0.2) is 0 Å². The van der Waals surface area contributed by atoms with Crippen molar-refractivity contribution in [2.75, 3.05) is 6.54 Å². The van der Waals surface area contributed by atoms with Crippen molar-refractivity contribution < 1.29 is 9.59 Å². The molecule has 0 unspecified atom stereocenters. The van der Waals surface area contributed by atoms with E-state index in [9.17, 15) is 9.59 Å². The maximum absolute atomic E-state index is 11.8. The first-order valence-corrected chi connectivity index (χ1v) is 8.03. The third kappa shape index (κ3) is 5.87. The second kappa shape index (κ2) is 8.49. The monoisotopic (exact) mass is 329 g/mol. The fourth-order valence-electron chi connectivity index (χ4n) is 2.27. The molecule has 0 aromatic heterocycles. The SMILES string of the molecule is CC(=O)CCCNC(=O)Cc1ccc(-c2ccc(Cl)cc2)cc1. The third-order valence-corrected chi connectivity index (χ3v) is 3.78. The maximum atomic E-state index is 11.8. The molecule has 0 atom stereocenters. The van der Waals surface area contributed by atoms with Crippen LogP contribution in [0.3, 0.4) is 0 Å². The molecule has 23 heavy (non-hydrogen) atoms. The van der Waals surface area contributed by atoms with Gasteiger partial charge in [0.15, 0.2) is 0 Å². The van der Waals surface area contributed by atoms with E-state index < -0.39 is 0 Å². The Balaban J connectivity index is 1.86. The van der Waals surface area contributed by atoms with Crippen molar-refractivity contribution in [1.29, 1.82) is 0 Å². The van der Waals surface area contributed by atoms with Gasteiger partial charge in [-0.05, 0) is 42.2 Å². The summed E-state index contributed by atoms with van der Waals surface area (Å²) in [6.07, 6.45) is 1.55. The topological polar surface area (TPSA) is 46.2 Å². The van der Waals surface area contributed by atoms with Crippen molar-refractivity contribution in [3.63, 3.8) is 0 Å². The molecule has 0 aliphatic rings. The number of nitrogens with one attached hydrogen (secondary N) is 1. The van der Waals surface area contributed by atoms with E-state index in [0.717, 1.165) is 16.7 Å². The van der Waals surface area contributed by atoms with Crippen molar-refractivity contribution in [2.24, 2.45) is 0 Å². The van der Waals surface area contributed by atoms with Crippen LogP contribution in [0.4, 0.5) is 0 Å². The second-order valence-electron chi connectivity index (χ2n) is 5.54. The van der Waals surface area contributed by atoms with Gasteiger partial charge in [-0.3, -0.25) is 4.79 Å². The van der Waals surface area contributed by atoms with Gasteiger partial charge < -0.3 is 10.1 Å². The fourth-order valence-corrected chi connectivity index (χ4v) is 2.40. The highest BCUT2D eigenvalue weighted by molar-refractivity contribution is 6.30.